The number of aryl methyl sites for hydroxylation is 1. The zero-order valence-corrected chi connectivity index (χ0v) is 13.7. The molecule has 0 saturated heterocycles. The number of halogens is 1. The number of hydrogen-bond donors (Lipinski definition) is 1. The van der Waals surface area contributed by atoms with Crippen molar-refractivity contribution in [1.29, 1.82) is 0 Å². The first kappa shape index (κ1) is 14.2. The van der Waals surface area contributed by atoms with Crippen LogP contribution in [0.2, 0.25) is 0 Å². The maximum absolute atomic E-state index is 12.5. The molecule has 5 heteroatoms. The molecule has 1 N–H and O–H groups in total. The van der Waals surface area contributed by atoms with Crippen LogP contribution in [0.3, 0.4) is 0 Å². The van der Waals surface area contributed by atoms with Crippen molar-refractivity contribution in [2.24, 2.45) is 0 Å². The van der Waals surface area contributed by atoms with E-state index in [0.717, 1.165) is 28.8 Å². The van der Waals surface area contributed by atoms with Crippen molar-refractivity contribution in [3.63, 3.8) is 0 Å². The number of nitrogens with one attached hydrogen (secondary N) is 1. The van der Waals surface area contributed by atoms with Gasteiger partial charge in [0, 0.05) is 35.1 Å². The minimum Gasteiger partial charge on any atom is -0.348 e. The average Bonchev–Trinajstić information content (AvgIpc) is 2.92. The van der Waals surface area contributed by atoms with Crippen LogP contribution >= 0.6 is 15.9 Å². The number of anilines is 1. The van der Waals surface area contributed by atoms with Gasteiger partial charge in [0.2, 0.25) is 0 Å². The van der Waals surface area contributed by atoms with Gasteiger partial charge in [0.05, 0.1) is 6.04 Å². The number of nitrogens with zero attached hydrogens (tertiary/aromatic N) is 2. The molecule has 1 aromatic heterocycles. The topological polar surface area (TPSA) is 37.3 Å². The molecule has 1 atom stereocenters. The number of fused-ring (bicyclic) bond motifs is 1. The van der Waals surface area contributed by atoms with Gasteiger partial charge in [0.15, 0.2) is 0 Å². The Kier molecular flexibility index (Phi) is 3.76. The van der Waals surface area contributed by atoms with Crippen LogP contribution in [0.15, 0.2) is 41.0 Å². The van der Waals surface area contributed by atoms with E-state index in [1.807, 2.05) is 36.1 Å². The highest BCUT2D eigenvalue weighted by Gasteiger charge is 2.27. The number of rotatable bonds is 1. The van der Waals surface area contributed by atoms with Gasteiger partial charge in [-0.05, 0) is 49.7 Å². The lowest BCUT2D eigenvalue weighted by molar-refractivity contribution is 0.175. The van der Waals surface area contributed by atoms with Crippen molar-refractivity contribution in [3.05, 3.63) is 52.3 Å². The molecule has 21 heavy (non-hydrogen) atoms. The maximum Gasteiger partial charge on any atom is 0.322 e. The van der Waals surface area contributed by atoms with E-state index < -0.39 is 0 Å². The van der Waals surface area contributed by atoms with Crippen LogP contribution in [-0.2, 0) is 6.54 Å². The maximum atomic E-state index is 12.5. The molecule has 0 spiro atoms. The molecule has 4 nitrogen and oxygen atoms in total. The molecule has 2 aromatic rings. The first-order chi connectivity index (χ1) is 10.1. The number of carbonyl (C=O) groups is 1. The lowest BCUT2D eigenvalue weighted by Gasteiger charge is -2.34. The molecule has 1 aliphatic rings. The number of aromatic nitrogens is 1. The number of benzene rings is 1. The summed E-state index contributed by atoms with van der Waals surface area (Å²) in [6, 6.07) is 9.99. The summed E-state index contributed by atoms with van der Waals surface area (Å²) < 4.78 is 3.25. The second-order valence-electron chi connectivity index (χ2n) is 5.39. The smallest absolute Gasteiger partial charge is 0.322 e. The highest BCUT2D eigenvalue weighted by Crippen LogP contribution is 2.26. The summed E-state index contributed by atoms with van der Waals surface area (Å²) >= 11 is 3.47. The summed E-state index contributed by atoms with van der Waals surface area (Å²) in [5.74, 6) is 0. The first-order valence-electron chi connectivity index (χ1n) is 7.05. The zero-order chi connectivity index (χ0) is 15.0. The molecular weight excluding hydrogens is 330 g/mol. The van der Waals surface area contributed by atoms with Gasteiger partial charge in [-0.25, -0.2) is 4.79 Å². The third-order valence-corrected chi connectivity index (χ3v) is 4.90. The molecule has 2 amide bonds. The second-order valence-corrected chi connectivity index (χ2v) is 6.24. The number of carbonyl (C=O) groups excluding carboxylic acids is 1. The average molecular weight is 348 g/mol. The van der Waals surface area contributed by atoms with Crippen LogP contribution in [-0.4, -0.2) is 22.0 Å². The Morgan fingerprint density at radius 3 is 2.90 bits per heavy atom. The van der Waals surface area contributed by atoms with Crippen molar-refractivity contribution >= 4 is 27.6 Å². The Labute approximate surface area is 132 Å². The summed E-state index contributed by atoms with van der Waals surface area (Å²) in [6.07, 6.45) is 2.07. The van der Waals surface area contributed by atoms with Gasteiger partial charge in [0.25, 0.3) is 0 Å². The van der Waals surface area contributed by atoms with Crippen molar-refractivity contribution in [3.8, 4) is 0 Å². The predicted molar refractivity (Wildman–Crippen MR) is 87.5 cm³/mol. The minimum atomic E-state index is -0.0447. The van der Waals surface area contributed by atoms with Gasteiger partial charge >= 0.3 is 6.03 Å². The molecule has 0 bridgehead atoms. The summed E-state index contributed by atoms with van der Waals surface area (Å²) in [6.45, 7) is 5.65. The van der Waals surface area contributed by atoms with Gasteiger partial charge in [-0.3, -0.25) is 0 Å². The molecule has 0 fully saturated rings. The lowest BCUT2D eigenvalue weighted by Crippen LogP contribution is -2.43. The third-order valence-electron chi connectivity index (χ3n) is 4.01. The van der Waals surface area contributed by atoms with E-state index in [9.17, 15) is 4.79 Å². The Bertz CT molecular complexity index is 680. The highest BCUT2D eigenvalue weighted by atomic mass is 79.9. The second kappa shape index (κ2) is 5.56. The van der Waals surface area contributed by atoms with E-state index in [1.54, 1.807) is 0 Å². The lowest BCUT2D eigenvalue weighted by atomic mass is 10.1. The molecular formula is C16H18BrN3O. The van der Waals surface area contributed by atoms with Gasteiger partial charge in [0.1, 0.15) is 0 Å². The largest absolute Gasteiger partial charge is 0.348 e. The van der Waals surface area contributed by atoms with Crippen LogP contribution < -0.4 is 5.32 Å². The standard InChI is InChI=1S/C16H18BrN3O/c1-11-10-13(5-6-14(11)17)18-16(21)20-9-8-19-7-3-4-15(19)12(20)2/h3-7,10,12H,8-9H2,1-2H3,(H,18,21)/t12-/m1/s1. The van der Waals surface area contributed by atoms with Crippen LogP contribution in [0.5, 0.6) is 0 Å². The molecule has 0 unspecified atom stereocenters. The zero-order valence-electron chi connectivity index (χ0n) is 12.1. The number of hydrogen-bond acceptors (Lipinski definition) is 1. The van der Waals surface area contributed by atoms with Crippen molar-refractivity contribution in [2.75, 3.05) is 11.9 Å². The highest BCUT2D eigenvalue weighted by molar-refractivity contribution is 9.10. The first-order valence-corrected chi connectivity index (χ1v) is 7.84. The molecule has 1 aliphatic heterocycles. The van der Waals surface area contributed by atoms with E-state index in [1.165, 1.54) is 5.69 Å². The SMILES string of the molecule is Cc1cc(NC(=O)N2CCn3cccc3[C@H]2C)ccc1Br. The van der Waals surface area contributed by atoms with Crippen molar-refractivity contribution in [2.45, 2.75) is 26.4 Å². The van der Waals surface area contributed by atoms with Crippen molar-refractivity contribution in [1.82, 2.24) is 9.47 Å². The van der Waals surface area contributed by atoms with E-state index in [0.29, 0.717) is 0 Å². The van der Waals surface area contributed by atoms with Gasteiger partial charge in [-0.1, -0.05) is 15.9 Å². The molecule has 2 heterocycles. The van der Waals surface area contributed by atoms with E-state index in [2.05, 4.69) is 45.0 Å². The summed E-state index contributed by atoms with van der Waals surface area (Å²) in [4.78, 5) is 14.4. The predicted octanol–water partition coefficient (Wildman–Crippen LogP) is 4.17. The van der Waals surface area contributed by atoms with E-state index >= 15 is 0 Å². The van der Waals surface area contributed by atoms with Crippen molar-refractivity contribution < 1.29 is 4.79 Å². The van der Waals surface area contributed by atoms with Crippen LogP contribution in [0.4, 0.5) is 10.5 Å². The Morgan fingerprint density at radius 2 is 2.14 bits per heavy atom. The number of amides is 2. The minimum absolute atomic E-state index is 0.0447. The van der Waals surface area contributed by atoms with Gasteiger partial charge < -0.3 is 14.8 Å². The molecule has 0 saturated carbocycles. The quantitative estimate of drug-likeness (QED) is 0.825. The molecule has 3 rings (SSSR count). The van der Waals surface area contributed by atoms with E-state index in [-0.39, 0.29) is 12.1 Å². The van der Waals surface area contributed by atoms with Crippen LogP contribution in [0, 0.1) is 6.92 Å². The Balaban J connectivity index is 1.75. The Morgan fingerprint density at radius 1 is 1.33 bits per heavy atom. The summed E-state index contributed by atoms with van der Waals surface area (Å²) in [7, 11) is 0. The third kappa shape index (κ3) is 2.70. The fraction of sp³-hybridized carbons (Fsp3) is 0.312. The van der Waals surface area contributed by atoms with Gasteiger partial charge in [-0.2, -0.15) is 0 Å². The summed E-state index contributed by atoms with van der Waals surface area (Å²) in [5.41, 5.74) is 3.12. The van der Waals surface area contributed by atoms with Crippen LogP contribution in [0.25, 0.3) is 0 Å². The summed E-state index contributed by atoms with van der Waals surface area (Å²) in [5, 5.41) is 2.99. The Hall–Kier alpha value is -1.75. The van der Waals surface area contributed by atoms with Gasteiger partial charge in [-0.15, -0.1) is 0 Å². The molecule has 0 aliphatic carbocycles. The molecule has 0 radical (unpaired) electrons. The van der Waals surface area contributed by atoms with E-state index in [4.69, 9.17) is 0 Å². The monoisotopic (exact) mass is 347 g/mol. The normalized spacial score (nSPS) is 17.5. The number of urea groups is 1. The molecule has 110 valence electrons. The molecule has 1 aromatic carbocycles. The fourth-order valence-electron chi connectivity index (χ4n) is 2.77. The van der Waals surface area contributed by atoms with Crippen LogP contribution in [0.1, 0.15) is 24.2 Å². The fourth-order valence-corrected chi connectivity index (χ4v) is 3.02.